The molecule has 1 aromatic carbocycles. The zero-order valence-electron chi connectivity index (χ0n) is 12.2. The lowest BCUT2D eigenvalue weighted by Gasteiger charge is -2.20. The van der Waals surface area contributed by atoms with Crippen molar-refractivity contribution in [2.75, 3.05) is 14.2 Å². The van der Waals surface area contributed by atoms with Gasteiger partial charge in [-0.05, 0) is 24.1 Å². The predicted molar refractivity (Wildman–Crippen MR) is 79.0 cm³/mol. The lowest BCUT2D eigenvalue weighted by Crippen LogP contribution is -2.44. The Morgan fingerprint density at radius 2 is 1.90 bits per heavy atom. The number of methoxy groups -OCH3 is 2. The van der Waals surface area contributed by atoms with Gasteiger partial charge in [-0.25, -0.2) is 8.42 Å². The molecule has 0 aliphatic rings. The largest absolute Gasteiger partial charge is 0.495 e. The van der Waals surface area contributed by atoms with E-state index in [1.807, 2.05) is 0 Å². The van der Waals surface area contributed by atoms with E-state index in [4.69, 9.17) is 16.3 Å². The Hall–Kier alpha value is -1.31. The lowest BCUT2D eigenvalue weighted by atomic mass is 10.1. The van der Waals surface area contributed by atoms with Crippen molar-refractivity contribution < 1.29 is 22.7 Å². The van der Waals surface area contributed by atoms with Crippen molar-refractivity contribution in [2.45, 2.75) is 24.8 Å². The van der Waals surface area contributed by atoms with Gasteiger partial charge in [-0.3, -0.25) is 4.79 Å². The number of esters is 1. The molecule has 1 rings (SSSR count). The Bertz CT molecular complexity index is 615. The number of nitrogens with one attached hydrogen (secondary N) is 1. The third-order valence-corrected chi connectivity index (χ3v) is 4.57. The number of carbonyl (C=O) groups is 1. The van der Waals surface area contributed by atoms with Gasteiger partial charge < -0.3 is 9.47 Å². The lowest BCUT2D eigenvalue weighted by molar-refractivity contribution is -0.143. The second kappa shape index (κ2) is 7.11. The number of halogens is 1. The standard InChI is InChI=1S/C13H18ClNO5S/c1-8(2)12(13(16)20-4)15-21(17,18)9-5-6-11(19-3)10(14)7-9/h5-8,12,15H,1-4H3. The number of benzene rings is 1. The van der Waals surface area contributed by atoms with E-state index in [0.717, 1.165) is 0 Å². The molecule has 21 heavy (non-hydrogen) atoms. The van der Waals surface area contributed by atoms with Gasteiger partial charge in [-0.15, -0.1) is 0 Å². The first-order valence-corrected chi connectivity index (χ1v) is 8.02. The first-order valence-electron chi connectivity index (χ1n) is 6.16. The van der Waals surface area contributed by atoms with Gasteiger partial charge in [0, 0.05) is 0 Å². The topological polar surface area (TPSA) is 81.7 Å². The van der Waals surface area contributed by atoms with Crippen molar-refractivity contribution in [3.8, 4) is 5.75 Å². The van der Waals surface area contributed by atoms with Crippen LogP contribution in [0.1, 0.15) is 13.8 Å². The quantitative estimate of drug-likeness (QED) is 0.802. The summed E-state index contributed by atoms with van der Waals surface area (Å²) in [5.74, 6) is -0.543. The molecule has 1 aromatic rings. The Balaban J connectivity index is 3.10. The summed E-state index contributed by atoms with van der Waals surface area (Å²) in [5.41, 5.74) is 0. The van der Waals surface area contributed by atoms with Crippen LogP contribution in [-0.4, -0.2) is 34.6 Å². The molecule has 0 fully saturated rings. The molecule has 0 saturated heterocycles. The van der Waals surface area contributed by atoms with Crippen LogP contribution in [0.15, 0.2) is 23.1 Å². The van der Waals surface area contributed by atoms with E-state index in [1.165, 1.54) is 32.4 Å². The minimum Gasteiger partial charge on any atom is -0.495 e. The number of ether oxygens (including phenoxy) is 2. The van der Waals surface area contributed by atoms with Gasteiger partial charge in [0.1, 0.15) is 11.8 Å². The third kappa shape index (κ3) is 4.33. The summed E-state index contributed by atoms with van der Waals surface area (Å²) in [6, 6.07) is 3.08. The average molecular weight is 336 g/mol. The van der Waals surface area contributed by atoms with Gasteiger partial charge in [0.2, 0.25) is 10.0 Å². The molecule has 0 heterocycles. The fraction of sp³-hybridized carbons (Fsp3) is 0.462. The Morgan fingerprint density at radius 1 is 1.29 bits per heavy atom. The van der Waals surface area contributed by atoms with Crippen LogP contribution < -0.4 is 9.46 Å². The van der Waals surface area contributed by atoms with Crippen molar-refractivity contribution in [1.82, 2.24) is 4.72 Å². The maximum Gasteiger partial charge on any atom is 0.324 e. The predicted octanol–water partition coefficient (Wildman–Crippen LogP) is 1.82. The number of hydrogen-bond donors (Lipinski definition) is 1. The first-order chi connectivity index (χ1) is 9.72. The van der Waals surface area contributed by atoms with Crippen LogP contribution in [0.5, 0.6) is 5.75 Å². The zero-order chi connectivity index (χ0) is 16.2. The highest BCUT2D eigenvalue weighted by atomic mass is 35.5. The van der Waals surface area contributed by atoms with Gasteiger partial charge in [0.25, 0.3) is 0 Å². The van der Waals surface area contributed by atoms with E-state index in [0.29, 0.717) is 5.75 Å². The maximum atomic E-state index is 12.3. The maximum absolute atomic E-state index is 12.3. The fourth-order valence-corrected chi connectivity index (χ4v) is 3.31. The summed E-state index contributed by atoms with van der Waals surface area (Å²) < 4.78 is 36.5. The zero-order valence-corrected chi connectivity index (χ0v) is 13.8. The van der Waals surface area contributed by atoms with E-state index in [9.17, 15) is 13.2 Å². The van der Waals surface area contributed by atoms with Crippen LogP contribution in [0.2, 0.25) is 5.02 Å². The van der Waals surface area contributed by atoms with Crippen LogP contribution in [0, 0.1) is 5.92 Å². The van der Waals surface area contributed by atoms with Gasteiger partial charge >= 0.3 is 5.97 Å². The summed E-state index contributed by atoms with van der Waals surface area (Å²) in [4.78, 5) is 11.6. The van der Waals surface area contributed by atoms with Crippen LogP contribution >= 0.6 is 11.6 Å². The molecule has 1 unspecified atom stereocenters. The second-order valence-electron chi connectivity index (χ2n) is 4.66. The van der Waals surface area contributed by atoms with E-state index < -0.39 is 22.0 Å². The van der Waals surface area contributed by atoms with Crippen molar-refractivity contribution in [2.24, 2.45) is 5.92 Å². The van der Waals surface area contributed by atoms with Gasteiger partial charge in [0.15, 0.2) is 0 Å². The number of carbonyl (C=O) groups excluding carboxylic acids is 1. The van der Waals surface area contributed by atoms with Crippen LogP contribution in [0.25, 0.3) is 0 Å². The van der Waals surface area contributed by atoms with Gasteiger partial charge in [-0.1, -0.05) is 25.4 Å². The van der Waals surface area contributed by atoms with Crippen LogP contribution in [0.4, 0.5) is 0 Å². The van der Waals surface area contributed by atoms with Crippen LogP contribution in [-0.2, 0) is 19.6 Å². The minimum atomic E-state index is -3.90. The fourth-order valence-electron chi connectivity index (χ4n) is 1.63. The van der Waals surface area contributed by atoms with Gasteiger partial charge in [0.05, 0.1) is 24.1 Å². The molecule has 1 atom stereocenters. The molecule has 0 aliphatic heterocycles. The molecule has 0 amide bonds. The normalized spacial score (nSPS) is 13.0. The molecule has 0 spiro atoms. The number of sulfonamides is 1. The summed E-state index contributed by atoms with van der Waals surface area (Å²) in [6.07, 6.45) is 0. The van der Waals surface area contributed by atoms with Gasteiger partial charge in [-0.2, -0.15) is 4.72 Å². The molecule has 0 saturated carbocycles. The summed E-state index contributed by atoms with van der Waals surface area (Å²) in [5, 5.41) is 0.166. The Morgan fingerprint density at radius 3 is 2.33 bits per heavy atom. The monoisotopic (exact) mass is 335 g/mol. The van der Waals surface area contributed by atoms with E-state index in [-0.39, 0.29) is 15.8 Å². The SMILES string of the molecule is COC(=O)C(NS(=O)(=O)c1ccc(OC)c(Cl)c1)C(C)C. The highest BCUT2D eigenvalue weighted by Crippen LogP contribution is 2.27. The molecule has 118 valence electrons. The highest BCUT2D eigenvalue weighted by Gasteiger charge is 2.29. The van der Waals surface area contributed by atoms with E-state index >= 15 is 0 Å². The molecular formula is C13H18ClNO5S. The summed E-state index contributed by atoms with van der Waals surface area (Å²) >= 11 is 5.92. The molecule has 0 radical (unpaired) electrons. The number of rotatable bonds is 6. The summed E-state index contributed by atoms with van der Waals surface area (Å²) in [7, 11) is -1.26. The van der Waals surface area contributed by atoms with Crippen molar-refractivity contribution >= 4 is 27.6 Å². The molecule has 0 aliphatic carbocycles. The second-order valence-corrected chi connectivity index (χ2v) is 6.78. The van der Waals surface area contributed by atoms with Crippen molar-refractivity contribution in [3.05, 3.63) is 23.2 Å². The van der Waals surface area contributed by atoms with Crippen LogP contribution in [0.3, 0.4) is 0 Å². The van der Waals surface area contributed by atoms with E-state index in [1.54, 1.807) is 13.8 Å². The smallest absolute Gasteiger partial charge is 0.324 e. The highest BCUT2D eigenvalue weighted by molar-refractivity contribution is 7.89. The Kier molecular flexibility index (Phi) is 6.00. The third-order valence-electron chi connectivity index (χ3n) is 2.84. The number of hydrogen-bond acceptors (Lipinski definition) is 5. The van der Waals surface area contributed by atoms with Crippen molar-refractivity contribution in [3.63, 3.8) is 0 Å². The minimum absolute atomic E-state index is 0.0529. The Labute approximate surface area is 129 Å². The summed E-state index contributed by atoms with van der Waals surface area (Å²) in [6.45, 7) is 3.43. The van der Waals surface area contributed by atoms with Crippen molar-refractivity contribution in [1.29, 1.82) is 0 Å². The molecule has 1 N–H and O–H groups in total. The molecule has 8 heteroatoms. The first kappa shape index (κ1) is 17.7. The molecule has 0 aromatic heterocycles. The average Bonchev–Trinajstić information content (AvgIpc) is 2.43. The van der Waals surface area contributed by atoms with E-state index in [2.05, 4.69) is 9.46 Å². The molecule has 6 nitrogen and oxygen atoms in total. The molecule has 0 bridgehead atoms. The molecular weight excluding hydrogens is 318 g/mol.